The van der Waals surface area contributed by atoms with Crippen LogP contribution in [0, 0.1) is 0 Å². The Labute approximate surface area is 132 Å². The van der Waals surface area contributed by atoms with Crippen LogP contribution in [0.1, 0.15) is 90.9 Å². The Morgan fingerprint density at radius 3 is 1.95 bits per heavy atom. The van der Waals surface area contributed by atoms with Gasteiger partial charge in [0.25, 0.3) is 0 Å². The number of imidazole rings is 1. The van der Waals surface area contributed by atoms with Gasteiger partial charge in [-0.1, -0.05) is 65.2 Å². The van der Waals surface area contributed by atoms with Crippen molar-refractivity contribution in [1.29, 1.82) is 0 Å². The Bertz CT molecular complexity index is 330. The molecule has 0 atom stereocenters. The fraction of sp³-hybridized carbons (Fsp3) is 0.842. The number of aromatic nitrogens is 2. The molecule has 1 heterocycles. The average Bonchev–Trinajstić information content (AvgIpc) is 2.94. The van der Waals surface area contributed by atoms with E-state index in [9.17, 15) is 0 Å². The molecule has 0 unspecified atom stereocenters. The van der Waals surface area contributed by atoms with Crippen molar-refractivity contribution in [2.24, 2.45) is 0 Å². The second-order valence-corrected chi connectivity index (χ2v) is 6.42. The van der Waals surface area contributed by atoms with Crippen LogP contribution in [0.25, 0.3) is 0 Å². The van der Waals surface area contributed by atoms with E-state index in [2.05, 4.69) is 41.7 Å². The predicted molar refractivity (Wildman–Crippen MR) is 91.4 cm³/mol. The van der Waals surface area contributed by atoms with Gasteiger partial charge in [0.1, 0.15) is 12.4 Å². The lowest BCUT2D eigenvalue weighted by atomic mass is 10.1. The molecule has 1 aromatic heterocycles. The van der Waals surface area contributed by atoms with E-state index < -0.39 is 0 Å². The summed E-state index contributed by atoms with van der Waals surface area (Å²) in [5.41, 5.74) is 0. The molecular formula is C19H37N2+. The van der Waals surface area contributed by atoms with Gasteiger partial charge in [-0.05, 0) is 25.7 Å². The molecule has 0 amide bonds. The van der Waals surface area contributed by atoms with Gasteiger partial charge in [-0.2, -0.15) is 0 Å². The SMILES string of the molecule is CCCCCCCCCCCn1cc[n+](CCCCC)c1. The normalized spacial score (nSPS) is 11.1. The first-order valence-electron chi connectivity index (χ1n) is 9.41. The molecule has 2 nitrogen and oxygen atoms in total. The van der Waals surface area contributed by atoms with Crippen molar-refractivity contribution in [1.82, 2.24) is 4.57 Å². The molecule has 0 aliphatic rings. The van der Waals surface area contributed by atoms with Crippen LogP contribution in [0.2, 0.25) is 0 Å². The smallest absolute Gasteiger partial charge is 0.237 e. The van der Waals surface area contributed by atoms with Gasteiger partial charge in [0.2, 0.25) is 6.33 Å². The minimum Gasteiger partial charge on any atom is -0.237 e. The zero-order valence-electron chi connectivity index (χ0n) is 14.5. The van der Waals surface area contributed by atoms with E-state index in [0.717, 1.165) is 0 Å². The Hall–Kier alpha value is -0.790. The summed E-state index contributed by atoms with van der Waals surface area (Å²) in [7, 11) is 0. The van der Waals surface area contributed by atoms with E-state index in [1.54, 1.807) is 0 Å². The maximum Gasteiger partial charge on any atom is 0.243 e. The van der Waals surface area contributed by atoms with Crippen LogP contribution in [0.3, 0.4) is 0 Å². The number of hydrogen-bond acceptors (Lipinski definition) is 0. The quantitative estimate of drug-likeness (QED) is 0.316. The van der Waals surface area contributed by atoms with E-state index in [4.69, 9.17) is 0 Å². The molecule has 2 heteroatoms. The Morgan fingerprint density at radius 2 is 1.29 bits per heavy atom. The monoisotopic (exact) mass is 293 g/mol. The third kappa shape index (κ3) is 9.71. The number of nitrogens with zero attached hydrogens (tertiary/aromatic N) is 2. The molecule has 1 rings (SSSR count). The second-order valence-electron chi connectivity index (χ2n) is 6.42. The molecule has 122 valence electrons. The van der Waals surface area contributed by atoms with Crippen molar-refractivity contribution in [3.05, 3.63) is 18.7 Å². The highest BCUT2D eigenvalue weighted by Gasteiger charge is 2.02. The molecule has 0 aliphatic heterocycles. The minimum absolute atomic E-state index is 1.18. The van der Waals surface area contributed by atoms with Crippen LogP contribution in [-0.2, 0) is 13.1 Å². The molecule has 0 spiro atoms. The Kier molecular flexibility index (Phi) is 11.2. The number of aryl methyl sites for hydroxylation is 2. The van der Waals surface area contributed by atoms with Crippen LogP contribution < -0.4 is 4.57 Å². The summed E-state index contributed by atoms with van der Waals surface area (Å²) in [6.45, 7) is 6.92. The second kappa shape index (κ2) is 12.9. The van der Waals surface area contributed by atoms with Crippen LogP contribution >= 0.6 is 0 Å². The van der Waals surface area contributed by atoms with Gasteiger partial charge in [0.05, 0.1) is 13.1 Å². The van der Waals surface area contributed by atoms with Crippen molar-refractivity contribution in [3.8, 4) is 0 Å². The number of unbranched alkanes of at least 4 members (excludes halogenated alkanes) is 10. The van der Waals surface area contributed by atoms with Gasteiger partial charge < -0.3 is 0 Å². The maximum absolute atomic E-state index is 2.35. The maximum atomic E-state index is 2.35. The van der Waals surface area contributed by atoms with E-state index in [-0.39, 0.29) is 0 Å². The fourth-order valence-electron chi connectivity index (χ4n) is 2.85. The van der Waals surface area contributed by atoms with Crippen molar-refractivity contribution in [2.45, 2.75) is 104 Å². The average molecular weight is 294 g/mol. The summed E-state index contributed by atoms with van der Waals surface area (Å²) in [6.07, 6.45) is 23.4. The van der Waals surface area contributed by atoms with Crippen molar-refractivity contribution < 1.29 is 4.57 Å². The first kappa shape index (κ1) is 18.3. The Balaban J connectivity index is 1.95. The highest BCUT2D eigenvalue weighted by atomic mass is 15.1. The van der Waals surface area contributed by atoms with E-state index in [0.29, 0.717) is 0 Å². The number of rotatable bonds is 14. The topological polar surface area (TPSA) is 8.81 Å². The summed E-state index contributed by atoms with van der Waals surface area (Å²) in [4.78, 5) is 0. The van der Waals surface area contributed by atoms with Gasteiger partial charge in [0, 0.05) is 0 Å². The molecule has 0 saturated heterocycles. The van der Waals surface area contributed by atoms with E-state index in [1.165, 1.54) is 90.1 Å². The first-order chi connectivity index (χ1) is 10.4. The number of hydrogen-bond donors (Lipinski definition) is 0. The molecular weight excluding hydrogens is 256 g/mol. The molecule has 0 saturated carbocycles. The standard InChI is InChI=1S/C19H37N2/c1-3-5-7-8-9-10-11-12-14-16-21-18-17-20(19-21)15-13-6-4-2/h17-19H,3-16H2,1-2H3/q+1. The summed E-state index contributed by atoms with van der Waals surface area (Å²) >= 11 is 0. The molecule has 0 bridgehead atoms. The first-order valence-corrected chi connectivity index (χ1v) is 9.41. The lowest BCUT2D eigenvalue weighted by Crippen LogP contribution is -2.30. The van der Waals surface area contributed by atoms with Gasteiger partial charge in [0.15, 0.2) is 0 Å². The zero-order chi connectivity index (χ0) is 15.2. The summed E-state index contributed by atoms with van der Waals surface area (Å²) in [5, 5.41) is 0. The van der Waals surface area contributed by atoms with Crippen LogP contribution in [-0.4, -0.2) is 4.57 Å². The largest absolute Gasteiger partial charge is 0.243 e. The van der Waals surface area contributed by atoms with Gasteiger partial charge in [-0.25, -0.2) is 9.13 Å². The molecule has 0 fully saturated rings. The van der Waals surface area contributed by atoms with Crippen LogP contribution in [0.5, 0.6) is 0 Å². The predicted octanol–water partition coefficient (Wildman–Crippen LogP) is 5.50. The summed E-state index contributed by atoms with van der Waals surface area (Å²) in [6, 6.07) is 0. The highest BCUT2D eigenvalue weighted by Crippen LogP contribution is 2.10. The van der Waals surface area contributed by atoms with Gasteiger partial charge >= 0.3 is 0 Å². The zero-order valence-corrected chi connectivity index (χ0v) is 14.5. The summed E-state index contributed by atoms with van der Waals surface area (Å²) in [5.74, 6) is 0. The third-order valence-electron chi connectivity index (χ3n) is 4.29. The van der Waals surface area contributed by atoms with Gasteiger partial charge in [-0.3, -0.25) is 0 Å². The third-order valence-corrected chi connectivity index (χ3v) is 4.29. The molecule has 0 N–H and O–H groups in total. The van der Waals surface area contributed by atoms with Gasteiger partial charge in [-0.15, -0.1) is 0 Å². The van der Waals surface area contributed by atoms with Crippen molar-refractivity contribution in [3.63, 3.8) is 0 Å². The molecule has 0 aromatic carbocycles. The van der Waals surface area contributed by atoms with Crippen LogP contribution in [0.15, 0.2) is 18.7 Å². The lowest BCUT2D eigenvalue weighted by Gasteiger charge is -2.01. The van der Waals surface area contributed by atoms with E-state index >= 15 is 0 Å². The van der Waals surface area contributed by atoms with Crippen molar-refractivity contribution in [2.75, 3.05) is 0 Å². The molecule has 21 heavy (non-hydrogen) atoms. The van der Waals surface area contributed by atoms with Crippen LogP contribution in [0.4, 0.5) is 0 Å². The summed E-state index contributed by atoms with van der Waals surface area (Å²) < 4.78 is 4.69. The highest BCUT2D eigenvalue weighted by molar-refractivity contribution is 4.66. The van der Waals surface area contributed by atoms with E-state index in [1.807, 2.05) is 0 Å². The molecule has 0 aliphatic carbocycles. The minimum atomic E-state index is 1.18. The fourth-order valence-corrected chi connectivity index (χ4v) is 2.85. The molecule has 1 aromatic rings. The lowest BCUT2D eigenvalue weighted by molar-refractivity contribution is -0.696. The molecule has 0 radical (unpaired) electrons. The van der Waals surface area contributed by atoms with Crippen molar-refractivity contribution >= 4 is 0 Å². The Morgan fingerprint density at radius 1 is 0.714 bits per heavy atom.